The van der Waals surface area contributed by atoms with Crippen LogP contribution in [-0.2, 0) is 4.74 Å². The largest absolute Gasteiger partial charge is 0.373 e. The monoisotopic (exact) mass is 1090 g/mol. The van der Waals surface area contributed by atoms with Gasteiger partial charge in [-0.3, -0.25) is 0 Å². The molecule has 0 radical (unpaired) electrons. The molecular weight excluding hydrogens is 1090 g/mol. The van der Waals surface area contributed by atoms with Gasteiger partial charge in [0.25, 0.3) is 0 Å². The van der Waals surface area contributed by atoms with Gasteiger partial charge in [0, 0.05) is 6.42 Å². The average molecular weight is 1100 g/mol. The maximum atomic E-state index is 5.37. The van der Waals surface area contributed by atoms with Gasteiger partial charge in [-0.15, -0.1) is 0 Å². The van der Waals surface area contributed by atoms with Crippen molar-refractivity contribution in [2.75, 3.05) is 6.61 Å². The summed E-state index contributed by atoms with van der Waals surface area (Å²) in [5, 5.41) is 0. The maximum absolute atomic E-state index is 5.37. The van der Waals surface area contributed by atoms with Crippen LogP contribution in [0.15, 0.2) is 0 Å². The minimum absolute atomic E-state index is 0.219. The summed E-state index contributed by atoms with van der Waals surface area (Å²) < 4.78 is 1.45. The highest BCUT2D eigenvalue weighted by atomic mass is 80.0. The van der Waals surface area contributed by atoms with Crippen LogP contribution < -0.4 is 0 Å². The van der Waals surface area contributed by atoms with E-state index in [4.69, 9.17) is 4.74 Å². The van der Waals surface area contributed by atoms with Gasteiger partial charge >= 0.3 is 0 Å². The van der Waals surface area contributed by atoms with Crippen molar-refractivity contribution in [3.63, 3.8) is 0 Å². The van der Waals surface area contributed by atoms with Crippen LogP contribution in [0.5, 0.6) is 0 Å². The van der Waals surface area contributed by atoms with Crippen molar-refractivity contribution in [3.05, 3.63) is 0 Å². The molecule has 0 aromatic rings. The first-order chi connectivity index (χ1) is 9.83. The van der Waals surface area contributed by atoms with Crippen molar-refractivity contribution in [1.29, 1.82) is 0 Å². The molecule has 1 nitrogen and oxygen atoms in total. The van der Waals surface area contributed by atoms with Crippen LogP contribution in [0.2, 0.25) is 0 Å². The zero-order valence-corrected chi connectivity index (χ0v) is 30.0. The molecule has 0 bridgehead atoms. The molecule has 1 aliphatic heterocycles. The van der Waals surface area contributed by atoms with Crippen LogP contribution in [0.3, 0.4) is 0 Å². The highest BCUT2D eigenvalue weighted by molar-refractivity contribution is 9.40. The molecule has 0 spiro atoms. The number of epoxide rings is 1. The molecule has 0 aliphatic carbocycles. The van der Waals surface area contributed by atoms with Gasteiger partial charge in [0.2, 0.25) is 0 Å². The molecule has 2 atom stereocenters. The van der Waals surface area contributed by atoms with Gasteiger partial charge < -0.3 is 4.74 Å². The van der Waals surface area contributed by atoms with Gasteiger partial charge in [0.05, 0.1) is 17.0 Å². The van der Waals surface area contributed by atoms with Crippen molar-refractivity contribution in [1.82, 2.24) is 0 Å². The molecule has 1 fully saturated rings. The van der Waals surface area contributed by atoms with Gasteiger partial charge in [0.15, 0.2) is 2.14 Å². The quantitative estimate of drug-likeness (QED) is 0.191. The van der Waals surface area contributed by atoms with Crippen LogP contribution in [0, 0.1) is 0 Å². The fourth-order valence-electron chi connectivity index (χ4n) is 1.50. The number of ether oxygens (including phenoxy) is 1. The number of hydrogen-bond acceptors (Lipinski definition) is 1. The standard InChI is InChI=1S/C10H8Br12O/c1-5(11,10(20,21)22)7(14,15)9(18,19)8(16,17)6(12,13)2-4-3-23-4/h4H,2-3H2,1H3. The van der Waals surface area contributed by atoms with Gasteiger partial charge in [-0.05, 0) is 6.92 Å². The summed E-state index contributed by atoms with van der Waals surface area (Å²) >= 11 is 45.1. The molecule has 0 saturated carbocycles. The molecule has 23 heavy (non-hydrogen) atoms. The van der Waals surface area contributed by atoms with Gasteiger partial charge in [0.1, 0.15) is 12.9 Å². The predicted octanol–water partition coefficient (Wildman–Crippen LogP) is 9.71. The van der Waals surface area contributed by atoms with E-state index < -0.39 is 19.4 Å². The molecule has 0 aromatic heterocycles. The Labute approximate surface area is 237 Å². The first-order valence-electron chi connectivity index (χ1n) is 5.71. The second-order valence-corrected chi connectivity index (χ2v) is 27.5. The molecular formula is C10H8Br12O. The van der Waals surface area contributed by atoms with Crippen molar-refractivity contribution >= 4 is 191 Å². The van der Waals surface area contributed by atoms with Crippen LogP contribution in [-0.4, -0.2) is 32.1 Å². The van der Waals surface area contributed by atoms with Crippen molar-refractivity contribution < 1.29 is 4.74 Å². The zero-order valence-electron chi connectivity index (χ0n) is 10.9. The SMILES string of the molecule is CC(Br)(C(Br)(Br)Br)C(Br)(Br)C(Br)(Br)C(Br)(Br)C(Br)(Br)CC1CO1. The second kappa shape index (κ2) is 8.69. The van der Waals surface area contributed by atoms with Gasteiger partial charge in [-0.1, -0.05) is 191 Å². The van der Waals surface area contributed by atoms with E-state index in [1.165, 1.54) is 0 Å². The third-order valence-corrected chi connectivity index (χ3v) is 25.4. The Morgan fingerprint density at radius 3 is 1.43 bits per heavy atom. The Bertz CT molecular complexity index is 447. The summed E-state index contributed by atoms with van der Waals surface area (Å²) in [6.07, 6.45) is 0.969. The van der Waals surface area contributed by atoms with Crippen LogP contribution in [0.25, 0.3) is 0 Å². The molecule has 0 amide bonds. The summed E-state index contributed by atoms with van der Waals surface area (Å²) in [7, 11) is 0. The predicted molar refractivity (Wildman–Crippen MR) is 144 cm³/mol. The summed E-state index contributed by atoms with van der Waals surface area (Å²) in [6.45, 7) is 2.78. The summed E-state index contributed by atoms with van der Waals surface area (Å²) in [5.74, 6) is 0. The number of alkyl halides is 12. The number of halogens is 12. The normalized spacial score (nSPS) is 23.6. The first kappa shape index (κ1) is 26.8. The van der Waals surface area contributed by atoms with Crippen LogP contribution in [0.4, 0.5) is 0 Å². The third kappa shape index (κ3) is 5.32. The van der Waals surface area contributed by atoms with E-state index in [0.717, 1.165) is 13.0 Å². The van der Waals surface area contributed by atoms with Gasteiger partial charge in [-0.2, -0.15) is 0 Å². The van der Waals surface area contributed by atoms with Crippen LogP contribution >= 0.6 is 191 Å². The lowest BCUT2D eigenvalue weighted by Gasteiger charge is -2.55. The fourth-order valence-corrected chi connectivity index (χ4v) is 11.8. The molecule has 0 N–H and O–H groups in total. The first-order valence-corrected chi connectivity index (χ1v) is 15.2. The lowest BCUT2D eigenvalue weighted by molar-refractivity contribution is 0.386. The smallest absolute Gasteiger partial charge is 0.152 e. The van der Waals surface area contributed by atoms with E-state index >= 15 is 0 Å². The van der Waals surface area contributed by atoms with E-state index in [0.29, 0.717) is 0 Å². The molecule has 1 heterocycles. The maximum Gasteiger partial charge on any atom is 0.152 e. The highest BCUT2D eigenvalue weighted by Crippen LogP contribution is 2.73. The molecule has 0 aromatic carbocycles. The molecule has 1 aliphatic rings. The highest BCUT2D eigenvalue weighted by Gasteiger charge is 2.72. The van der Waals surface area contributed by atoms with Crippen LogP contribution in [0.1, 0.15) is 13.3 Å². The summed E-state index contributed by atoms with van der Waals surface area (Å²) in [5.41, 5.74) is 0. The van der Waals surface area contributed by atoms with E-state index in [-0.39, 0.29) is 6.10 Å². The van der Waals surface area contributed by atoms with Crippen molar-refractivity contribution in [2.45, 2.75) is 38.8 Å². The van der Waals surface area contributed by atoms with Crippen molar-refractivity contribution in [2.24, 2.45) is 0 Å². The zero-order chi connectivity index (χ0) is 18.7. The Morgan fingerprint density at radius 2 is 1.13 bits per heavy atom. The average Bonchev–Trinajstić information content (AvgIpc) is 3.09. The topological polar surface area (TPSA) is 12.5 Å². The lowest BCUT2D eigenvalue weighted by atomic mass is 10.0. The number of rotatable bonds is 6. The Balaban J connectivity index is 3.30. The lowest BCUT2D eigenvalue weighted by Crippen LogP contribution is -2.64. The van der Waals surface area contributed by atoms with E-state index in [2.05, 4.69) is 191 Å². The molecule has 1 rings (SSSR count). The minimum Gasteiger partial charge on any atom is -0.373 e. The molecule has 13 heteroatoms. The van der Waals surface area contributed by atoms with E-state index in [1.54, 1.807) is 0 Å². The van der Waals surface area contributed by atoms with E-state index in [9.17, 15) is 0 Å². The minimum atomic E-state index is -0.763. The Hall–Kier alpha value is 5.72. The van der Waals surface area contributed by atoms with Gasteiger partial charge in [-0.25, -0.2) is 0 Å². The summed E-state index contributed by atoms with van der Waals surface area (Å²) in [6, 6.07) is 0. The Morgan fingerprint density at radius 1 is 0.739 bits per heavy atom. The second-order valence-electron chi connectivity index (χ2n) is 5.09. The fraction of sp³-hybridized carbons (Fsp3) is 1.00. The Kier molecular flexibility index (Phi) is 10.1. The summed E-state index contributed by atoms with van der Waals surface area (Å²) in [4.78, 5) is 0. The molecule has 2 unspecified atom stereocenters. The molecule has 138 valence electrons. The molecule has 1 saturated heterocycles. The third-order valence-electron chi connectivity index (χ3n) is 3.26. The number of hydrogen-bond donors (Lipinski definition) is 0. The van der Waals surface area contributed by atoms with Crippen molar-refractivity contribution in [3.8, 4) is 0 Å². The van der Waals surface area contributed by atoms with E-state index in [1.807, 2.05) is 6.92 Å².